The van der Waals surface area contributed by atoms with Crippen LogP contribution >= 0.6 is 15.9 Å². The molecule has 0 saturated carbocycles. The molecule has 68 valence electrons. The van der Waals surface area contributed by atoms with E-state index >= 15 is 0 Å². The molecular weight excluding hydrogens is 236 g/mol. The van der Waals surface area contributed by atoms with Gasteiger partial charge in [-0.15, -0.1) is 0 Å². The first kappa shape index (κ1) is 8.50. The first-order chi connectivity index (χ1) is 6.18. The van der Waals surface area contributed by atoms with E-state index in [1.165, 1.54) is 0 Å². The Kier molecular flexibility index (Phi) is 1.95. The number of aromatic nitrogens is 2. The van der Waals surface area contributed by atoms with Crippen LogP contribution in [0.15, 0.2) is 12.3 Å². The number of carboxylic acids is 1. The number of carbonyl (C=O) groups is 1. The van der Waals surface area contributed by atoms with Crippen LogP contribution in [0.4, 0.5) is 0 Å². The number of rotatable bonds is 1. The Hall–Kier alpha value is -1.10. The summed E-state index contributed by atoms with van der Waals surface area (Å²) in [5.41, 5.74) is 0.0993. The number of aryl methyl sites for hydroxylation is 1. The highest BCUT2D eigenvalue weighted by Gasteiger charge is 2.16. The molecule has 1 aliphatic heterocycles. The molecule has 5 heteroatoms. The molecule has 2 rings (SSSR count). The third kappa shape index (κ3) is 1.39. The highest BCUT2D eigenvalue weighted by molar-refractivity contribution is 9.15. The number of allylic oxidation sites excluding steroid dienone is 1. The summed E-state index contributed by atoms with van der Waals surface area (Å²) in [6.45, 7) is 0.796. The van der Waals surface area contributed by atoms with Gasteiger partial charge in [0.15, 0.2) is 5.69 Å². The summed E-state index contributed by atoms with van der Waals surface area (Å²) >= 11 is 3.33. The van der Waals surface area contributed by atoms with Crippen LogP contribution in [0.3, 0.4) is 0 Å². The Bertz CT molecular complexity index is 395. The lowest BCUT2D eigenvalue weighted by molar-refractivity contribution is 0.0691. The highest BCUT2D eigenvalue weighted by atomic mass is 79.9. The second kappa shape index (κ2) is 2.99. The summed E-state index contributed by atoms with van der Waals surface area (Å²) in [7, 11) is 0. The van der Waals surface area contributed by atoms with Crippen LogP contribution in [0, 0.1) is 0 Å². The Balaban J connectivity index is 2.50. The first-order valence-corrected chi connectivity index (χ1v) is 4.64. The molecule has 0 radical (unpaired) electrons. The van der Waals surface area contributed by atoms with Crippen LogP contribution in [-0.2, 0) is 6.54 Å². The molecular formula is C8H7BrN2O2. The third-order valence-corrected chi connectivity index (χ3v) is 2.58. The SMILES string of the molecule is O=C(O)c1cn2c(n1)C(Br)=CCC2. The predicted octanol–water partition coefficient (Wildman–Crippen LogP) is 1.72. The van der Waals surface area contributed by atoms with Gasteiger partial charge in [0, 0.05) is 12.7 Å². The zero-order valence-electron chi connectivity index (χ0n) is 6.70. The molecule has 1 aliphatic rings. The maximum Gasteiger partial charge on any atom is 0.356 e. The maximum absolute atomic E-state index is 10.6. The van der Waals surface area contributed by atoms with Crippen molar-refractivity contribution < 1.29 is 9.90 Å². The van der Waals surface area contributed by atoms with E-state index in [1.54, 1.807) is 6.20 Å². The van der Waals surface area contributed by atoms with Gasteiger partial charge in [0.1, 0.15) is 5.82 Å². The number of hydrogen-bond acceptors (Lipinski definition) is 2. The van der Waals surface area contributed by atoms with Gasteiger partial charge < -0.3 is 9.67 Å². The van der Waals surface area contributed by atoms with Gasteiger partial charge in [0.05, 0.1) is 4.48 Å². The molecule has 0 unspecified atom stereocenters. The van der Waals surface area contributed by atoms with Gasteiger partial charge in [0.2, 0.25) is 0 Å². The largest absolute Gasteiger partial charge is 0.476 e. The molecule has 0 aromatic carbocycles. The van der Waals surface area contributed by atoms with Crippen LogP contribution in [0.25, 0.3) is 4.48 Å². The van der Waals surface area contributed by atoms with Gasteiger partial charge in [-0.1, -0.05) is 6.08 Å². The summed E-state index contributed by atoms with van der Waals surface area (Å²) in [6.07, 6.45) is 4.46. The number of halogens is 1. The topological polar surface area (TPSA) is 55.1 Å². The molecule has 0 bridgehead atoms. The smallest absolute Gasteiger partial charge is 0.356 e. The van der Waals surface area contributed by atoms with Crippen molar-refractivity contribution in [3.05, 3.63) is 23.8 Å². The van der Waals surface area contributed by atoms with Crippen molar-refractivity contribution in [1.82, 2.24) is 9.55 Å². The number of nitrogens with zero attached hydrogens (tertiary/aromatic N) is 2. The zero-order valence-corrected chi connectivity index (χ0v) is 8.28. The van der Waals surface area contributed by atoms with Crippen LogP contribution in [0.1, 0.15) is 22.7 Å². The summed E-state index contributed by atoms with van der Waals surface area (Å²) in [4.78, 5) is 14.6. The summed E-state index contributed by atoms with van der Waals surface area (Å²) < 4.78 is 2.71. The van der Waals surface area contributed by atoms with Crippen molar-refractivity contribution in [3.63, 3.8) is 0 Å². The normalized spacial score (nSPS) is 15.0. The second-order valence-electron chi connectivity index (χ2n) is 2.79. The average Bonchev–Trinajstić information content (AvgIpc) is 2.49. The number of fused-ring (bicyclic) bond motifs is 1. The number of imidazole rings is 1. The van der Waals surface area contributed by atoms with E-state index in [1.807, 2.05) is 10.6 Å². The van der Waals surface area contributed by atoms with Crippen molar-refractivity contribution in [3.8, 4) is 0 Å². The highest BCUT2D eigenvalue weighted by Crippen LogP contribution is 2.25. The van der Waals surface area contributed by atoms with Crippen molar-refractivity contribution in [2.24, 2.45) is 0 Å². The predicted molar refractivity (Wildman–Crippen MR) is 50.7 cm³/mol. The maximum atomic E-state index is 10.6. The van der Waals surface area contributed by atoms with E-state index < -0.39 is 5.97 Å². The lowest BCUT2D eigenvalue weighted by Crippen LogP contribution is -2.04. The van der Waals surface area contributed by atoms with Gasteiger partial charge in [0.25, 0.3) is 0 Å². The monoisotopic (exact) mass is 242 g/mol. The van der Waals surface area contributed by atoms with Crippen LogP contribution in [0.5, 0.6) is 0 Å². The summed E-state index contributed by atoms with van der Waals surface area (Å²) in [5, 5.41) is 8.71. The van der Waals surface area contributed by atoms with Crippen molar-refractivity contribution in [1.29, 1.82) is 0 Å². The van der Waals surface area contributed by atoms with E-state index in [4.69, 9.17) is 5.11 Å². The molecule has 0 atom stereocenters. The fourth-order valence-corrected chi connectivity index (χ4v) is 1.85. The van der Waals surface area contributed by atoms with E-state index in [9.17, 15) is 4.79 Å². The van der Waals surface area contributed by atoms with E-state index in [2.05, 4.69) is 20.9 Å². The van der Waals surface area contributed by atoms with Crippen molar-refractivity contribution >= 4 is 26.4 Å². The Labute approximate surface area is 83.0 Å². The quantitative estimate of drug-likeness (QED) is 0.816. The minimum atomic E-state index is -0.984. The fraction of sp³-hybridized carbons (Fsp3) is 0.250. The van der Waals surface area contributed by atoms with Gasteiger partial charge in [-0.25, -0.2) is 9.78 Å². The van der Waals surface area contributed by atoms with Crippen LogP contribution in [-0.4, -0.2) is 20.6 Å². The minimum absolute atomic E-state index is 0.0993. The van der Waals surface area contributed by atoms with Gasteiger partial charge in [-0.2, -0.15) is 0 Å². The van der Waals surface area contributed by atoms with E-state index in [0.29, 0.717) is 5.82 Å². The van der Waals surface area contributed by atoms with E-state index in [-0.39, 0.29) is 5.69 Å². The standard InChI is InChI=1S/C8H7BrN2O2/c9-5-2-1-3-11-4-6(8(12)13)10-7(5)11/h2,4H,1,3H2,(H,12,13). The Morgan fingerprint density at radius 2 is 2.46 bits per heavy atom. The van der Waals surface area contributed by atoms with Gasteiger partial charge in [-0.05, 0) is 22.4 Å². The second-order valence-corrected chi connectivity index (χ2v) is 3.64. The molecule has 2 heterocycles. The summed E-state index contributed by atoms with van der Waals surface area (Å²) in [5.74, 6) is -0.286. The average molecular weight is 243 g/mol. The van der Waals surface area contributed by atoms with E-state index in [0.717, 1.165) is 17.4 Å². The summed E-state index contributed by atoms with van der Waals surface area (Å²) in [6, 6.07) is 0. The molecule has 1 aromatic heterocycles. The number of carboxylic acid groups (broad SMARTS) is 1. The minimum Gasteiger partial charge on any atom is -0.476 e. The fourth-order valence-electron chi connectivity index (χ4n) is 1.30. The first-order valence-electron chi connectivity index (χ1n) is 3.85. The Morgan fingerprint density at radius 3 is 3.08 bits per heavy atom. The lowest BCUT2D eigenvalue weighted by atomic mass is 10.3. The van der Waals surface area contributed by atoms with Gasteiger partial charge in [-0.3, -0.25) is 0 Å². The van der Waals surface area contributed by atoms with Crippen LogP contribution < -0.4 is 0 Å². The Morgan fingerprint density at radius 1 is 1.69 bits per heavy atom. The molecule has 0 aliphatic carbocycles. The van der Waals surface area contributed by atoms with Gasteiger partial charge >= 0.3 is 5.97 Å². The molecule has 1 aromatic rings. The van der Waals surface area contributed by atoms with Crippen LogP contribution in [0.2, 0.25) is 0 Å². The number of hydrogen-bond donors (Lipinski definition) is 1. The molecule has 0 saturated heterocycles. The third-order valence-electron chi connectivity index (χ3n) is 1.90. The van der Waals surface area contributed by atoms with Crippen molar-refractivity contribution in [2.75, 3.05) is 0 Å². The zero-order chi connectivity index (χ0) is 9.42. The van der Waals surface area contributed by atoms with Crippen molar-refractivity contribution in [2.45, 2.75) is 13.0 Å². The molecule has 0 fully saturated rings. The molecule has 0 spiro atoms. The number of aromatic carboxylic acids is 1. The lowest BCUT2D eigenvalue weighted by Gasteiger charge is -2.09. The molecule has 4 nitrogen and oxygen atoms in total. The molecule has 1 N–H and O–H groups in total. The molecule has 0 amide bonds. The molecule has 13 heavy (non-hydrogen) atoms.